The smallest absolute Gasteiger partial charge is 0.416 e. The molecule has 0 spiro atoms. The van der Waals surface area contributed by atoms with Gasteiger partial charge in [-0.25, -0.2) is 9.50 Å². The van der Waals surface area contributed by atoms with Crippen LogP contribution in [0.25, 0.3) is 5.65 Å². The summed E-state index contributed by atoms with van der Waals surface area (Å²) in [5.41, 5.74) is 4.48. The minimum Gasteiger partial charge on any atom is -0.495 e. The van der Waals surface area contributed by atoms with Gasteiger partial charge in [0.1, 0.15) is 11.4 Å². The average Bonchev–Trinajstić information content (AvgIpc) is 3.21. The van der Waals surface area contributed by atoms with Crippen LogP contribution in [-0.4, -0.2) is 21.7 Å². The van der Waals surface area contributed by atoms with Crippen LogP contribution in [0.3, 0.4) is 0 Å². The van der Waals surface area contributed by atoms with Crippen LogP contribution in [0.5, 0.6) is 5.75 Å². The molecule has 33 heavy (non-hydrogen) atoms. The third kappa shape index (κ3) is 4.62. The minimum absolute atomic E-state index is 0.282. The molecule has 0 aliphatic carbocycles. The fourth-order valence-corrected chi connectivity index (χ4v) is 3.54. The summed E-state index contributed by atoms with van der Waals surface area (Å²) in [6, 6.07) is 10.7. The monoisotopic (exact) mass is 450 g/mol. The number of hydrogen-bond donors (Lipinski definition) is 1. The van der Waals surface area contributed by atoms with E-state index in [0.717, 1.165) is 28.8 Å². The van der Waals surface area contributed by atoms with E-state index in [-0.39, 0.29) is 6.54 Å². The van der Waals surface area contributed by atoms with Gasteiger partial charge in [-0.2, -0.15) is 18.3 Å². The summed E-state index contributed by atoms with van der Waals surface area (Å²) in [6.07, 6.45) is -1.09. The van der Waals surface area contributed by atoms with E-state index in [1.165, 1.54) is 6.07 Å². The third-order valence-electron chi connectivity index (χ3n) is 5.39. The van der Waals surface area contributed by atoms with Crippen molar-refractivity contribution in [2.75, 3.05) is 12.4 Å². The number of imidazole rings is 1. The number of benzene rings is 2. The number of ether oxygens (including phenoxy) is 1. The second-order valence-electron chi connectivity index (χ2n) is 7.50. The highest BCUT2D eigenvalue weighted by atomic mass is 19.4. The minimum atomic E-state index is -4.40. The highest BCUT2D eigenvalue weighted by Crippen LogP contribution is 2.32. The maximum absolute atomic E-state index is 13.0. The van der Waals surface area contributed by atoms with Gasteiger partial charge >= 0.3 is 6.18 Å². The van der Waals surface area contributed by atoms with Crippen LogP contribution >= 0.6 is 0 Å². The Morgan fingerprint density at radius 2 is 1.91 bits per heavy atom. The van der Waals surface area contributed by atoms with Crippen LogP contribution in [0.15, 0.2) is 54.9 Å². The van der Waals surface area contributed by atoms with E-state index < -0.39 is 11.7 Å². The molecule has 2 aromatic carbocycles. The van der Waals surface area contributed by atoms with Crippen molar-refractivity contribution < 1.29 is 17.9 Å². The molecule has 0 fully saturated rings. The molecule has 4 aromatic rings. The second-order valence-corrected chi connectivity index (χ2v) is 7.50. The van der Waals surface area contributed by atoms with Crippen LogP contribution in [0.1, 0.15) is 33.5 Å². The van der Waals surface area contributed by atoms with E-state index >= 15 is 0 Å². The van der Waals surface area contributed by atoms with Crippen molar-refractivity contribution in [3.63, 3.8) is 0 Å². The summed E-state index contributed by atoms with van der Waals surface area (Å²) in [5.74, 6) is 6.81. The molecule has 0 aliphatic heterocycles. The van der Waals surface area contributed by atoms with Crippen molar-refractivity contribution in [2.45, 2.75) is 26.6 Å². The molecule has 4 rings (SSSR count). The van der Waals surface area contributed by atoms with Crippen molar-refractivity contribution in [1.29, 1.82) is 0 Å². The standard InChI is InChI=1S/C25H21F3N4O/c1-16-12-18(9-10-21-14-30-23-8-5-11-31-32(21)23)24(33-3)22(17(16)2)15-29-20-7-4-6-19(13-20)25(26,27)28/h4-8,11-14,29H,15H2,1-3H3. The summed E-state index contributed by atoms with van der Waals surface area (Å²) in [4.78, 5) is 4.29. The predicted octanol–water partition coefficient (Wildman–Crippen LogP) is 5.39. The number of methoxy groups -OCH3 is 1. The molecular weight excluding hydrogens is 429 g/mol. The van der Waals surface area contributed by atoms with E-state index in [9.17, 15) is 13.2 Å². The molecule has 0 aliphatic rings. The van der Waals surface area contributed by atoms with Gasteiger partial charge in [-0.15, -0.1) is 0 Å². The van der Waals surface area contributed by atoms with E-state index in [1.807, 2.05) is 26.0 Å². The van der Waals surface area contributed by atoms with E-state index in [2.05, 4.69) is 27.2 Å². The number of nitrogens with zero attached hydrogens (tertiary/aromatic N) is 3. The van der Waals surface area contributed by atoms with Crippen molar-refractivity contribution in [2.24, 2.45) is 0 Å². The van der Waals surface area contributed by atoms with Crippen molar-refractivity contribution in [3.8, 4) is 17.6 Å². The zero-order chi connectivity index (χ0) is 23.6. The summed E-state index contributed by atoms with van der Waals surface area (Å²) in [6.45, 7) is 4.19. The fraction of sp³-hybridized carbons (Fsp3) is 0.200. The number of rotatable bonds is 4. The Bertz CT molecular complexity index is 1380. The number of hydrogen-bond acceptors (Lipinski definition) is 4. The molecule has 0 radical (unpaired) electrons. The fourth-order valence-electron chi connectivity index (χ4n) is 3.54. The van der Waals surface area contributed by atoms with Crippen LogP contribution < -0.4 is 10.1 Å². The number of halogens is 3. The van der Waals surface area contributed by atoms with Gasteiger partial charge in [-0.05, 0) is 67.3 Å². The lowest BCUT2D eigenvalue weighted by atomic mass is 9.97. The zero-order valence-corrected chi connectivity index (χ0v) is 18.3. The predicted molar refractivity (Wildman–Crippen MR) is 120 cm³/mol. The normalized spacial score (nSPS) is 11.2. The van der Waals surface area contributed by atoms with Crippen molar-refractivity contribution in [3.05, 3.63) is 88.4 Å². The Labute approximate surface area is 189 Å². The second kappa shape index (κ2) is 8.87. The summed E-state index contributed by atoms with van der Waals surface area (Å²) in [7, 11) is 1.55. The van der Waals surface area contributed by atoms with Crippen LogP contribution in [0.2, 0.25) is 0 Å². The lowest BCUT2D eigenvalue weighted by molar-refractivity contribution is -0.137. The lowest BCUT2D eigenvalue weighted by Crippen LogP contribution is -2.09. The number of nitrogens with one attached hydrogen (secondary N) is 1. The van der Waals surface area contributed by atoms with Gasteiger partial charge in [0.2, 0.25) is 0 Å². The van der Waals surface area contributed by atoms with E-state index in [0.29, 0.717) is 28.3 Å². The number of aromatic nitrogens is 3. The van der Waals surface area contributed by atoms with E-state index in [4.69, 9.17) is 4.74 Å². The number of anilines is 1. The molecule has 168 valence electrons. The van der Waals surface area contributed by atoms with Gasteiger partial charge in [0.15, 0.2) is 5.65 Å². The molecule has 5 nitrogen and oxygen atoms in total. The van der Waals surface area contributed by atoms with E-state index in [1.54, 1.807) is 36.2 Å². The lowest BCUT2D eigenvalue weighted by Gasteiger charge is -2.18. The molecule has 2 heterocycles. The number of aryl methyl sites for hydroxylation is 1. The number of fused-ring (bicyclic) bond motifs is 1. The third-order valence-corrected chi connectivity index (χ3v) is 5.39. The molecule has 0 amide bonds. The first-order valence-electron chi connectivity index (χ1n) is 10.2. The molecule has 0 saturated heterocycles. The average molecular weight is 450 g/mol. The Morgan fingerprint density at radius 3 is 2.67 bits per heavy atom. The molecule has 0 atom stereocenters. The Kier molecular flexibility index (Phi) is 5.97. The molecular formula is C25H21F3N4O. The number of alkyl halides is 3. The largest absolute Gasteiger partial charge is 0.495 e. The van der Waals surface area contributed by atoms with Crippen LogP contribution in [0.4, 0.5) is 18.9 Å². The molecule has 0 saturated carbocycles. The Hall–Kier alpha value is -3.99. The van der Waals surface area contributed by atoms with Crippen LogP contribution in [0, 0.1) is 25.7 Å². The molecule has 0 bridgehead atoms. The molecule has 2 aromatic heterocycles. The first-order chi connectivity index (χ1) is 15.8. The summed E-state index contributed by atoms with van der Waals surface area (Å²) in [5, 5.41) is 7.35. The molecule has 8 heteroatoms. The Balaban J connectivity index is 1.68. The van der Waals surface area contributed by atoms with Crippen LogP contribution in [-0.2, 0) is 12.7 Å². The first kappa shape index (κ1) is 22.2. The van der Waals surface area contributed by atoms with Gasteiger partial charge in [0.25, 0.3) is 0 Å². The first-order valence-corrected chi connectivity index (χ1v) is 10.2. The zero-order valence-electron chi connectivity index (χ0n) is 18.3. The summed E-state index contributed by atoms with van der Waals surface area (Å²) < 4.78 is 46.5. The highest BCUT2D eigenvalue weighted by Gasteiger charge is 2.30. The van der Waals surface area contributed by atoms with Gasteiger partial charge in [0, 0.05) is 24.0 Å². The van der Waals surface area contributed by atoms with Crippen molar-refractivity contribution in [1.82, 2.24) is 14.6 Å². The topological polar surface area (TPSA) is 51.5 Å². The van der Waals surface area contributed by atoms with Crippen molar-refractivity contribution >= 4 is 11.3 Å². The SMILES string of the molecule is COc1c(C#Cc2cnc3cccnn23)cc(C)c(C)c1CNc1cccc(C(F)(F)F)c1. The maximum atomic E-state index is 13.0. The van der Waals surface area contributed by atoms with Gasteiger partial charge in [-0.1, -0.05) is 12.0 Å². The maximum Gasteiger partial charge on any atom is 0.416 e. The molecule has 0 unspecified atom stereocenters. The summed E-state index contributed by atoms with van der Waals surface area (Å²) >= 11 is 0. The molecule has 1 N–H and O–H groups in total. The highest BCUT2D eigenvalue weighted by molar-refractivity contribution is 5.59. The quantitative estimate of drug-likeness (QED) is 0.424. The van der Waals surface area contributed by atoms with Gasteiger partial charge in [0.05, 0.1) is 24.4 Å². The van der Waals surface area contributed by atoms with Gasteiger partial charge in [-0.3, -0.25) is 0 Å². The Morgan fingerprint density at radius 1 is 1.09 bits per heavy atom. The van der Waals surface area contributed by atoms with Gasteiger partial charge < -0.3 is 10.1 Å².